The Morgan fingerprint density at radius 1 is 1.42 bits per heavy atom. The quantitative estimate of drug-likeness (QED) is 0.370. The lowest BCUT2D eigenvalue weighted by molar-refractivity contribution is -0.385. The second-order valence-electron chi connectivity index (χ2n) is 3.65. The highest BCUT2D eigenvalue weighted by Crippen LogP contribution is 2.28. The summed E-state index contributed by atoms with van der Waals surface area (Å²) in [6.45, 7) is 0. The van der Waals surface area contributed by atoms with Gasteiger partial charge in [-0.2, -0.15) is 0 Å². The topological polar surface area (TPSA) is 93.5 Å². The van der Waals surface area contributed by atoms with Crippen molar-refractivity contribution >= 4 is 35.0 Å². The fraction of sp³-hybridized carbons (Fsp3) is 0.0909. The molecule has 2 N–H and O–H groups in total. The molecule has 0 aromatic heterocycles. The SMILES string of the molecule is COc1ccc(/C=C2\NC(=S)NC2=O)cc1[N+](=O)[O-]. The first kappa shape index (κ1) is 13.0. The van der Waals surface area contributed by atoms with Crippen molar-refractivity contribution in [2.24, 2.45) is 0 Å². The summed E-state index contributed by atoms with van der Waals surface area (Å²) in [5.41, 5.74) is 0.567. The second-order valence-corrected chi connectivity index (χ2v) is 4.06. The van der Waals surface area contributed by atoms with Crippen LogP contribution in [-0.4, -0.2) is 23.1 Å². The van der Waals surface area contributed by atoms with Gasteiger partial charge in [-0.1, -0.05) is 6.07 Å². The third-order valence-corrected chi connectivity index (χ3v) is 2.63. The van der Waals surface area contributed by atoms with Gasteiger partial charge in [-0.15, -0.1) is 0 Å². The van der Waals surface area contributed by atoms with Crippen LogP contribution in [0.4, 0.5) is 5.69 Å². The Bertz CT molecular complexity index is 612. The third kappa shape index (κ3) is 2.68. The lowest BCUT2D eigenvalue weighted by Gasteiger charge is -2.02. The van der Waals surface area contributed by atoms with Gasteiger partial charge in [0.1, 0.15) is 5.70 Å². The zero-order chi connectivity index (χ0) is 14.0. The minimum atomic E-state index is -0.548. The summed E-state index contributed by atoms with van der Waals surface area (Å²) in [5.74, 6) is -0.213. The normalized spacial score (nSPS) is 16.2. The number of methoxy groups -OCH3 is 1. The molecule has 1 aromatic rings. The highest BCUT2D eigenvalue weighted by Gasteiger charge is 2.21. The maximum atomic E-state index is 11.4. The number of thiocarbonyl (C=S) groups is 1. The summed E-state index contributed by atoms with van der Waals surface area (Å²) in [7, 11) is 1.35. The number of carbonyl (C=O) groups excluding carboxylic acids is 1. The van der Waals surface area contributed by atoms with Crippen molar-refractivity contribution in [3.8, 4) is 5.75 Å². The molecule has 1 heterocycles. The van der Waals surface area contributed by atoms with Crippen LogP contribution in [0.3, 0.4) is 0 Å². The van der Waals surface area contributed by atoms with Crippen molar-refractivity contribution < 1.29 is 14.5 Å². The minimum absolute atomic E-state index is 0.159. The van der Waals surface area contributed by atoms with E-state index >= 15 is 0 Å². The van der Waals surface area contributed by atoms with Gasteiger partial charge in [-0.25, -0.2) is 0 Å². The third-order valence-electron chi connectivity index (χ3n) is 2.43. The van der Waals surface area contributed by atoms with E-state index in [4.69, 9.17) is 17.0 Å². The molecule has 1 amide bonds. The highest BCUT2D eigenvalue weighted by molar-refractivity contribution is 7.80. The Labute approximate surface area is 113 Å². The van der Waals surface area contributed by atoms with Crippen LogP contribution in [0.5, 0.6) is 5.75 Å². The molecule has 7 nitrogen and oxygen atoms in total. The van der Waals surface area contributed by atoms with Gasteiger partial charge >= 0.3 is 5.69 Å². The zero-order valence-electron chi connectivity index (χ0n) is 9.80. The monoisotopic (exact) mass is 279 g/mol. The van der Waals surface area contributed by atoms with Gasteiger partial charge in [0.25, 0.3) is 5.91 Å². The van der Waals surface area contributed by atoms with Crippen LogP contribution in [0.25, 0.3) is 6.08 Å². The highest BCUT2D eigenvalue weighted by atomic mass is 32.1. The molecule has 2 rings (SSSR count). The molecule has 0 unspecified atom stereocenters. The Kier molecular flexibility index (Phi) is 3.43. The van der Waals surface area contributed by atoms with E-state index in [1.807, 2.05) is 0 Å². The van der Waals surface area contributed by atoms with Crippen LogP contribution in [0.2, 0.25) is 0 Å². The van der Waals surface area contributed by atoms with E-state index in [1.54, 1.807) is 6.07 Å². The first-order chi connectivity index (χ1) is 9.01. The smallest absolute Gasteiger partial charge is 0.311 e. The molecule has 98 valence electrons. The van der Waals surface area contributed by atoms with Gasteiger partial charge in [0, 0.05) is 6.07 Å². The number of nitro groups is 1. The number of amides is 1. The number of hydrogen-bond donors (Lipinski definition) is 2. The molecule has 0 spiro atoms. The summed E-state index contributed by atoms with van der Waals surface area (Å²) in [5, 5.41) is 16.1. The first-order valence-corrected chi connectivity index (χ1v) is 5.58. The van der Waals surface area contributed by atoms with Crippen LogP contribution >= 0.6 is 12.2 Å². The molecule has 1 fully saturated rings. The summed E-state index contributed by atoms with van der Waals surface area (Å²) in [6, 6.07) is 4.40. The number of rotatable bonds is 3. The summed E-state index contributed by atoms with van der Waals surface area (Å²) in [4.78, 5) is 21.8. The van der Waals surface area contributed by atoms with Crippen molar-refractivity contribution in [1.82, 2.24) is 10.6 Å². The van der Waals surface area contributed by atoms with Crippen LogP contribution in [0.15, 0.2) is 23.9 Å². The number of ether oxygens (including phenoxy) is 1. The van der Waals surface area contributed by atoms with E-state index in [-0.39, 0.29) is 28.2 Å². The van der Waals surface area contributed by atoms with Gasteiger partial charge in [-0.05, 0) is 29.9 Å². The number of benzene rings is 1. The zero-order valence-corrected chi connectivity index (χ0v) is 10.6. The van der Waals surface area contributed by atoms with E-state index in [9.17, 15) is 14.9 Å². The van der Waals surface area contributed by atoms with Crippen molar-refractivity contribution in [1.29, 1.82) is 0 Å². The molecule has 1 aliphatic rings. The lowest BCUT2D eigenvalue weighted by atomic mass is 10.1. The van der Waals surface area contributed by atoms with Crippen LogP contribution in [0, 0.1) is 10.1 Å². The van der Waals surface area contributed by atoms with E-state index in [0.29, 0.717) is 5.56 Å². The molecule has 8 heteroatoms. The first-order valence-electron chi connectivity index (χ1n) is 5.17. The summed E-state index contributed by atoms with van der Waals surface area (Å²) < 4.78 is 4.89. The second kappa shape index (κ2) is 5.02. The van der Waals surface area contributed by atoms with E-state index in [0.717, 1.165) is 0 Å². The van der Waals surface area contributed by atoms with Crippen molar-refractivity contribution in [2.45, 2.75) is 0 Å². The average molecular weight is 279 g/mol. The van der Waals surface area contributed by atoms with Gasteiger partial charge in [0.2, 0.25) is 0 Å². The van der Waals surface area contributed by atoms with Gasteiger partial charge in [0.05, 0.1) is 12.0 Å². The molecule has 1 aromatic carbocycles. The van der Waals surface area contributed by atoms with Gasteiger partial charge in [0.15, 0.2) is 10.9 Å². The standard InChI is InChI=1S/C11H9N3O4S/c1-18-9-3-2-6(5-8(9)14(16)17)4-7-10(15)13-11(19)12-7/h2-5H,1H3,(H2,12,13,15,19)/b7-4-. The predicted octanol–water partition coefficient (Wildman–Crippen LogP) is 0.949. The van der Waals surface area contributed by atoms with Crippen molar-refractivity contribution in [3.63, 3.8) is 0 Å². The van der Waals surface area contributed by atoms with Gasteiger partial charge in [-0.3, -0.25) is 20.2 Å². The molecule has 0 aliphatic carbocycles. The van der Waals surface area contributed by atoms with E-state index < -0.39 is 4.92 Å². The van der Waals surface area contributed by atoms with Crippen LogP contribution in [-0.2, 0) is 4.79 Å². The minimum Gasteiger partial charge on any atom is -0.490 e. The largest absolute Gasteiger partial charge is 0.490 e. The average Bonchev–Trinajstić information content (AvgIpc) is 2.67. The molecule has 19 heavy (non-hydrogen) atoms. The van der Waals surface area contributed by atoms with Crippen molar-refractivity contribution in [3.05, 3.63) is 39.6 Å². The number of carbonyl (C=O) groups is 1. The number of nitrogens with one attached hydrogen (secondary N) is 2. The fourth-order valence-corrected chi connectivity index (χ4v) is 1.79. The molecule has 0 bridgehead atoms. The molecular formula is C11H9N3O4S. The molecular weight excluding hydrogens is 270 g/mol. The Balaban J connectivity index is 2.39. The lowest BCUT2D eigenvalue weighted by Crippen LogP contribution is -2.21. The number of nitrogens with zero attached hydrogens (tertiary/aromatic N) is 1. The van der Waals surface area contributed by atoms with Gasteiger partial charge < -0.3 is 10.1 Å². The van der Waals surface area contributed by atoms with E-state index in [1.165, 1.54) is 25.3 Å². The molecule has 0 radical (unpaired) electrons. The predicted molar refractivity (Wildman–Crippen MR) is 71.5 cm³/mol. The van der Waals surface area contributed by atoms with Crippen molar-refractivity contribution in [2.75, 3.05) is 7.11 Å². The summed E-state index contributed by atoms with van der Waals surface area (Å²) >= 11 is 4.78. The Morgan fingerprint density at radius 2 is 2.16 bits per heavy atom. The summed E-state index contributed by atoms with van der Waals surface area (Å²) in [6.07, 6.45) is 1.47. The molecule has 1 saturated heterocycles. The maximum Gasteiger partial charge on any atom is 0.311 e. The Morgan fingerprint density at radius 3 is 2.68 bits per heavy atom. The number of nitro benzene ring substituents is 1. The molecule has 1 aliphatic heterocycles. The van der Waals surface area contributed by atoms with Crippen LogP contribution in [0.1, 0.15) is 5.56 Å². The van der Waals surface area contributed by atoms with E-state index in [2.05, 4.69) is 10.6 Å². The Hall–Kier alpha value is -2.48. The molecule has 0 saturated carbocycles. The number of hydrogen-bond acceptors (Lipinski definition) is 5. The van der Waals surface area contributed by atoms with Crippen LogP contribution < -0.4 is 15.4 Å². The maximum absolute atomic E-state index is 11.4. The fourth-order valence-electron chi connectivity index (χ4n) is 1.59. The molecule has 0 atom stereocenters.